The molecule has 1 aromatic heterocycles. The number of hydrogen-bond acceptors (Lipinski definition) is 4. The first-order chi connectivity index (χ1) is 10.2. The highest BCUT2D eigenvalue weighted by atomic mass is 15.3. The monoisotopic (exact) mass is 284 g/mol. The van der Waals surface area contributed by atoms with E-state index in [-0.39, 0.29) is 11.6 Å². The van der Waals surface area contributed by atoms with Crippen molar-refractivity contribution in [3.63, 3.8) is 0 Å². The molecule has 2 aromatic rings. The molecule has 0 spiro atoms. The van der Waals surface area contributed by atoms with Crippen LogP contribution >= 0.6 is 0 Å². The van der Waals surface area contributed by atoms with E-state index in [4.69, 9.17) is 5.84 Å². The van der Waals surface area contributed by atoms with Gasteiger partial charge in [0.15, 0.2) is 0 Å². The Bertz CT molecular complexity index is 617. The molecule has 4 nitrogen and oxygen atoms in total. The number of nitrogens with two attached hydrogens (primary N) is 1. The average Bonchev–Trinajstić information content (AvgIpc) is 2.99. The fourth-order valence-electron chi connectivity index (χ4n) is 3.82. The molecule has 0 amide bonds. The van der Waals surface area contributed by atoms with Gasteiger partial charge in [-0.1, -0.05) is 25.0 Å². The Morgan fingerprint density at radius 3 is 2.67 bits per heavy atom. The molecule has 112 valence electrons. The molecule has 1 saturated carbocycles. The number of pyridine rings is 1. The van der Waals surface area contributed by atoms with Crippen LogP contribution in [0, 0.1) is 0 Å². The molecule has 0 saturated heterocycles. The number of fused-ring (bicyclic) bond motifs is 1. The van der Waals surface area contributed by atoms with Gasteiger partial charge in [-0.05, 0) is 50.7 Å². The second-order valence-electron chi connectivity index (χ2n) is 6.26. The first-order valence-electron chi connectivity index (χ1n) is 7.66. The fourth-order valence-corrected chi connectivity index (χ4v) is 3.82. The minimum absolute atomic E-state index is 0.102. The fraction of sp³-hybridized carbons (Fsp3) is 0.471. The summed E-state index contributed by atoms with van der Waals surface area (Å²) in [6, 6.07) is 10.7. The Morgan fingerprint density at radius 1 is 1.24 bits per heavy atom. The predicted octanol–water partition coefficient (Wildman–Crippen LogP) is 2.61. The first kappa shape index (κ1) is 14.4. The van der Waals surface area contributed by atoms with Crippen molar-refractivity contribution in [2.75, 3.05) is 14.1 Å². The van der Waals surface area contributed by atoms with Gasteiger partial charge in [0.1, 0.15) is 0 Å². The van der Waals surface area contributed by atoms with Crippen LogP contribution in [0.5, 0.6) is 0 Å². The molecule has 0 radical (unpaired) electrons. The Hall–Kier alpha value is -1.49. The maximum Gasteiger partial charge on any atom is 0.0702 e. The van der Waals surface area contributed by atoms with Gasteiger partial charge >= 0.3 is 0 Å². The Balaban J connectivity index is 2.04. The quantitative estimate of drug-likeness (QED) is 0.669. The van der Waals surface area contributed by atoms with Crippen LogP contribution in [0.1, 0.15) is 37.3 Å². The van der Waals surface area contributed by atoms with Gasteiger partial charge in [-0.3, -0.25) is 16.3 Å². The van der Waals surface area contributed by atoms with Gasteiger partial charge in [-0.2, -0.15) is 0 Å². The Kier molecular flexibility index (Phi) is 3.93. The van der Waals surface area contributed by atoms with Crippen LogP contribution in [-0.2, 0) is 0 Å². The molecule has 1 heterocycles. The van der Waals surface area contributed by atoms with Gasteiger partial charge in [-0.25, -0.2) is 0 Å². The van der Waals surface area contributed by atoms with Crippen molar-refractivity contribution in [3.8, 4) is 0 Å². The number of likely N-dealkylation sites (N-methyl/N-ethyl adjacent to an activating group) is 1. The molecular weight excluding hydrogens is 260 g/mol. The van der Waals surface area contributed by atoms with Crippen LogP contribution in [0.25, 0.3) is 10.9 Å². The number of hydrazine groups is 1. The molecule has 4 heteroatoms. The van der Waals surface area contributed by atoms with Crippen LogP contribution in [-0.4, -0.2) is 29.5 Å². The van der Waals surface area contributed by atoms with E-state index in [9.17, 15) is 0 Å². The second kappa shape index (κ2) is 5.72. The van der Waals surface area contributed by atoms with Gasteiger partial charge in [0.25, 0.3) is 0 Å². The molecule has 1 aliphatic carbocycles. The standard InChI is InChI=1S/C17H24N4/c1-21(2)17(9-3-4-10-17)16(20-18)14-7-8-15-13(12-14)6-5-11-19-15/h5-8,11-12,16,20H,3-4,9-10,18H2,1-2H3. The van der Waals surface area contributed by atoms with E-state index in [0.29, 0.717) is 0 Å². The molecule has 21 heavy (non-hydrogen) atoms. The summed E-state index contributed by atoms with van der Waals surface area (Å²) < 4.78 is 0. The van der Waals surface area contributed by atoms with Crippen LogP contribution < -0.4 is 11.3 Å². The summed E-state index contributed by atoms with van der Waals surface area (Å²) in [7, 11) is 4.33. The lowest BCUT2D eigenvalue weighted by molar-refractivity contribution is 0.105. The normalized spacial score (nSPS) is 19.2. The number of rotatable bonds is 4. The highest BCUT2D eigenvalue weighted by molar-refractivity contribution is 5.79. The number of hydrogen-bond donors (Lipinski definition) is 2. The van der Waals surface area contributed by atoms with Crippen molar-refractivity contribution in [1.82, 2.24) is 15.3 Å². The molecule has 1 atom stereocenters. The number of nitrogens with zero attached hydrogens (tertiary/aromatic N) is 2. The maximum atomic E-state index is 5.96. The molecule has 1 aliphatic rings. The van der Waals surface area contributed by atoms with Crippen molar-refractivity contribution in [3.05, 3.63) is 42.1 Å². The van der Waals surface area contributed by atoms with E-state index < -0.39 is 0 Å². The Labute approximate surface area is 126 Å². The van der Waals surface area contributed by atoms with Gasteiger partial charge in [0.05, 0.1) is 11.6 Å². The van der Waals surface area contributed by atoms with Gasteiger partial charge < -0.3 is 4.90 Å². The highest BCUT2D eigenvalue weighted by Crippen LogP contribution is 2.43. The molecule has 1 unspecified atom stereocenters. The summed E-state index contributed by atoms with van der Waals surface area (Å²) in [5.74, 6) is 5.96. The number of aromatic nitrogens is 1. The van der Waals surface area contributed by atoms with Crippen molar-refractivity contribution in [1.29, 1.82) is 0 Å². The van der Waals surface area contributed by atoms with Gasteiger partial charge in [-0.15, -0.1) is 0 Å². The van der Waals surface area contributed by atoms with E-state index in [1.165, 1.54) is 36.6 Å². The lowest BCUT2D eigenvalue weighted by atomic mass is 9.82. The number of nitrogens with one attached hydrogen (secondary N) is 1. The van der Waals surface area contributed by atoms with Crippen molar-refractivity contribution < 1.29 is 0 Å². The molecule has 1 aromatic carbocycles. The van der Waals surface area contributed by atoms with E-state index in [2.05, 4.69) is 53.7 Å². The minimum atomic E-state index is 0.102. The summed E-state index contributed by atoms with van der Waals surface area (Å²) >= 11 is 0. The molecule has 3 N–H and O–H groups in total. The largest absolute Gasteiger partial charge is 0.302 e. The maximum absolute atomic E-state index is 5.96. The van der Waals surface area contributed by atoms with Crippen LogP contribution in [0.4, 0.5) is 0 Å². The second-order valence-corrected chi connectivity index (χ2v) is 6.26. The zero-order valence-electron chi connectivity index (χ0n) is 12.8. The molecule has 0 aliphatic heterocycles. The molecule has 0 bridgehead atoms. The smallest absolute Gasteiger partial charge is 0.0702 e. The van der Waals surface area contributed by atoms with Crippen molar-refractivity contribution in [2.45, 2.75) is 37.3 Å². The number of benzene rings is 1. The summed E-state index contributed by atoms with van der Waals surface area (Å²) in [5, 5.41) is 1.17. The van der Waals surface area contributed by atoms with E-state index in [1.807, 2.05) is 12.3 Å². The molecular formula is C17H24N4. The third-order valence-corrected chi connectivity index (χ3v) is 5.02. The SMILES string of the molecule is CN(C)C1(C(NN)c2ccc3ncccc3c2)CCCC1. The molecule has 3 rings (SSSR count). The van der Waals surface area contributed by atoms with Crippen molar-refractivity contribution in [2.24, 2.45) is 5.84 Å². The van der Waals surface area contributed by atoms with Gasteiger partial charge in [0, 0.05) is 17.1 Å². The van der Waals surface area contributed by atoms with Crippen LogP contribution in [0.3, 0.4) is 0 Å². The summed E-state index contributed by atoms with van der Waals surface area (Å²) in [6.07, 6.45) is 6.73. The first-order valence-corrected chi connectivity index (χ1v) is 7.66. The highest BCUT2D eigenvalue weighted by Gasteiger charge is 2.43. The van der Waals surface area contributed by atoms with Crippen LogP contribution in [0.2, 0.25) is 0 Å². The average molecular weight is 284 g/mol. The van der Waals surface area contributed by atoms with E-state index >= 15 is 0 Å². The summed E-state index contributed by atoms with van der Waals surface area (Å²) in [5.41, 5.74) is 5.46. The topological polar surface area (TPSA) is 54.2 Å². The third-order valence-electron chi connectivity index (χ3n) is 5.02. The summed E-state index contributed by atoms with van der Waals surface area (Å²) in [4.78, 5) is 6.74. The minimum Gasteiger partial charge on any atom is -0.302 e. The van der Waals surface area contributed by atoms with Gasteiger partial charge in [0.2, 0.25) is 0 Å². The summed E-state index contributed by atoms with van der Waals surface area (Å²) in [6.45, 7) is 0. The zero-order chi connectivity index (χ0) is 14.9. The van der Waals surface area contributed by atoms with E-state index in [0.717, 1.165) is 5.52 Å². The lowest BCUT2D eigenvalue weighted by Gasteiger charge is -2.43. The van der Waals surface area contributed by atoms with Crippen molar-refractivity contribution >= 4 is 10.9 Å². The Morgan fingerprint density at radius 2 is 2.00 bits per heavy atom. The lowest BCUT2D eigenvalue weighted by Crippen LogP contribution is -2.53. The molecule has 1 fully saturated rings. The van der Waals surface area contributed by atoms with E-state index in [1.54, 1.807) is 0 Å². The zero-order valence-corrected chi connectivity index (χ0v) is 12.8. The predicted molar refractivity (Wildman–Crippen MR) is 86.7 cm³/mol. The van der Waals surface area contributed by atoms with Crippen LogP contribution in [0.15, 0.2) is 36.5 Å². The third kappa shape index (κ3) is 2.44.